The fraction of sp³-hybridized carbons (Fsp3) is 0.185. The zero-order chi connectivity index (χ0) is 26.4. The third-order valence-electron chi connectivity index (χ3n) is 5.54. The molecule has 0 bridgehead atoms. The highest BCUT2D eigenvalue weighted by Gasteiger charge is 2.36. The van der Waals surface area contributed by atoms with Crippen LogP contribution in [0.1, 0.15) is 22.3 Å². The maximum Gasteiger partial charge on any atom is 0.337 e. The molecule has 1 fully saturated rings. The number of rotatable bonds is 7. The van der Waals surface area contributed by atoms with Crippen LogP contribution in [-0.2, 0) is 20.9 Å². The van der Waals surface area contributed by atoms with Crippen LogP contribution in [-0.4, -0.2) is 47.3 Å². The molecule has 0 aliphatic carbocycles. The van der Waals surface area contributed by atoms with Gasteiger partial charge >= 0.3 is 5.97 Å². The van der Waals surface area contributed by atoms with Crippen LogP contribution in [0.25, 0.3) is 0 Å². The number of hydrogen-bond donors (Lipinski definition) is 1. The predicted octanol–water partition coefficient (Wildman–Crippen LogP) is 5.30. The second-order valence-electron chi connectivity index (χ2n) is 8.07. The minimum atomic E-state index is -0.696. The van der Waals surface area contributed by atoms with Crippen molar-refractivity contribution in [3.05, 3.63) is 88.9 Å². The van der Waals surface area contributed by atoms with E-state index in [-0.39, 0.29) is 18.2 Å². The highest BCUT2D eigenvalue weighted by Crippen LogP contribution is 2.32. The molecule has 1 aliphatic rings. The van der Waals surface area contributed by atoms with E-state index in [4.69, 9.17) is 21.1 Å². The number of thioether (sulfide) groups is 1. The summed E-state index contributed by atoms with van der Waals surface area (Å²) in [6.45, 7) is 0.290. The summed E-state index contributed by atoms with van der Waals surface area (Å²) in [6, 6.07) is 20.7. The predicted molar refractivity (Wildman–Crippen MR) is 144 cm³/mol. The summed E-state index contributed by atoms with van der Waals surface area (Å²) in [5.74, 6) is -0.319. The molecule has 10 heteroatoms. The van der Waals surface area contributed by atoms with Gasteiger partial charge in [0.2, 0.25) is 11.8 Å². The maximum atomic E-state index is 13.3. The molecule has 1 unspecified atom stereocenters. The third kappa shape index (κ3) is 6.69. The van der Waals surface area contributed by atoms with Gasteiger partial charge in [-0.2, -0.15) is 0 Å². The third-order valence-corrected chi connectivity index (χ3v) is 6.96. The zero-order valence-corrected chi connectivity index (χ0v) is 21.7. The Hall–Kier alpha value is -3.82. The van der Waals surface area contributed by atoms with Crippen LogP contribution in [0.5, 0.6) is 5.75 Å². The van der Waals surface area contributed by atoms with E-state index in [1.54, 1.807) is 60.5 Å². The van der Waals surface area contributed by atoms with E-state index in [1.165, 1.54) is 18.9 Å². The molecule has 2 amide bonds. The number of halogens is 1. The minimum Gasteiger partial charge on any atom is -0.497 e. The second kappa shape index (κ2) is 11.9. The summed E-state index contributed by atoms with van der Waals surface area (Å²) in [5, 5.41) is 3.03. The van der Waals surface area contributed by atoms with Gasteiger partial charge in [0.05, 0.1) is 32.0 Å². The van der Waals surface area contributed by atoms with Crippen molar-refractivity contribution in [3.63, 3.8) is 0 Å². The fourth-order valence-corrected chi connectivity index (χ4v) is 4.88. The molecular weight excluding hydrogens is 514 g/mol. The Morgan fingerprint density at radius 2 is 1.81 bits per heavy atom. The van der Waals surface area contributed by atoms with E-state index in [2.05, 4.69) is 10.3 Å². The number of nitrogens with one attached hydrogen (secondary N) is 1. The monoisotopic (exact) mass is 537 g/mol. The quantitative estimate of drug-likeness (QED) is 0.411. The lowest BCUT2D eigenvalue weighted by atomic mass is 10.1. The molecule has 3 aromatic rings. The summed E-state index contributed by atoms with van der Waals surface area (Å²) in [4.78, 5) is 44.2. The number of hydrogen-bond acceptors (Lipinski definition) is 7. The van der Waals surface area contributed by atoms with Gasteiger partial charge in [0.25, 0.3) is 0 Å². The molecule has 1 N–H and O–H groups in total. The standard InChI is InChI=1S/C27H24ClN3O5S/c1-35-22-12-6-17(7-13-22)16-31-24(32)15-23(37-27(31)30-21-5-3-4-19(28)14-21)25(33)29-20-10-8-18(9-11-20)26(34)36-2/h3-14,23H,15-16H2,1-2H3,(H,29,33). The number of carbonyl (C=O) groups is 3. The average molecular weight is 538 g/mol. The number of ether oxygens (including phenoxy) is 2. The Labute approximate surface area is 223 Å². The first-order valence-corrected chi connectivity index (χ1v) is 12.6. The van der Waals surface area contributed by atoms with Crippen molar-refractivity contribution < 1.29 is 23.9 Å². The highest BCUT2D eigenvalue weighted by atomic mass is 35.5. The van der Waals surface area contributed by atoms with E-state index in [0.29, 0.717) is 39.4 Å². The first kappa shape index (κ1) is 26.2. The molecule has 1 atom stereocenters. The average Bonchev–Trinajstić information content (AvgIpc) is 2.90. The molecule has 1 heterocycles. The largest absolute Gasteiger partial charge is 0.497 e. The Bertz CT molecular complexity index is 1330. The smallest absolute Gasteiger partial charge is 0.337 e. The number of aliphatic imine (C=N–C) groups is 1. The summed E-state index contributed by atoms with van der Waals surface area (Å²) in [5.41, 5.74) is 2.33. The summed E-state index contributed by atoms with van der Waals surface area (Å²) >= 11 is 7.34. The van der Waals surface area contributed by atoms with Crippen LogP contribution in [0.2, 0.25) is 5.02 Å². The van der Waals surface area contributed by atoms with Gasteiger partial charge in [-0.15, -0.1) is 0 Å². The highest BCUT2D eigenvalue weighted by molar-refractivity contribution is 8.15. The van der Waals surface area contributed by atoms with E-state index < -0.39 is 11.2 Å². The second-order valence-corrected chi connectivity index (χ2v) is 9.68. The molecule has 37 heavy (non-hydrogen) atoms. The molecule has 8 nitrogen and oxygen atoms in total. The van der Waals surface area contributed by atoms with Gasteiger partial charge in [0.1, 0.15) is 11.0 Å². The van der Waals surface area contributed by atoms with E-state index in [0.717, 1.165) is 5.56 Å². The minimum absolute atomic E-state index is 0.00145. The van der Waals surface area contributed by atoms with Crippen LogP contribution in [0.3, 0.4) is 0 Å². The van der Waals surface area contributed by atoms with Crippen molar-refractivity contribution in [2.75, 3.05) is 19.5 Å². The molecule has 0 spiro atoms. The lowest BCUT2D eigenvalue weighted by molar-refractivity contribution is -0.129. The summed E-state index contributed by atoms with van der Waals surface area (Å²) in [6.07, 6.45) is 0.00145. The lowest BCUT2D eigenvalue weighted by Crippen LogP contribution is -2.44. The molecule has 4 rings (SSSR count). The first-order chi connectivity index (χ1) is 17.9. The number of anilines is 1. The molecule has 0 saturated carbocycles. The Morgan fingerprint density at radius 1 is 1.08 bits per heavy atom. The Morgan fingerprint density at radius 3 is 2.46 bits per heavy atom. The van der Waals surface area contributed by atoms with E-state index in [1.807, 2.05) is 24.3 Å². The zero-order valence-electron chi connectivity index (χ0n) is 20.1. The Kier molecular flexibility index (Phi) is 8.47. The molecule has 1 aliphatic heterocycles. The van der Waals surface area contributed by atoms with Gasteiger partial charge in [0.15, 0.2) is 5.17 Å². The van der Waals surface area contributed by atoms with Crippen molar-refractivity contribution in [1.29, 1.82) is 0 Å². The van der Waals surface area contributed by atoms with Crippen LogP contribution in [0, 0.1) is 0 Å². The van der Waals surface area contributed by atoms with Gasteiger partial charge in [-0.1, -0.05) is 41.6 Å². The van der Waals surface area contributed by atoms with Gasteiger partial charge in [-0.25, -0.2) is 9.79 Å². The van der Waals surface area contributed by atoms with Gasteiger partial charge in [-0.3, -0.25) is 14.5 Å². The van der Waals surface area contributed by atoms with Crippen LogP contribution >= 0.6 is 23.4 Å². The van der Waals surface area contributed by atoms with Crippen molar-refractivity contribution in [1.82, 2.24) is 4.90 Å². The van der Waals surface area contributed by atoms with Crippen LogP contribution < -0.4 is 10.1 Å². The molecule has 0 aromatic heterocycles. The topological polar surface area (TPSA) is 97.3 Å². The number of methoxy groups -OCH3 is 2. The number of amidine groups is 1. The molecule has 190 valence electrons. The fourth-order valence-electron chi connectivity index (χ4n) is 3.60. The molecule has 0 radical (unpaired) electrons. The van der Waals surface area contributed by atoms with Gasteiger partial charge in [0, 0.05) is 17.1 Å². The number of carbonyl (C=O) groups excluding carboxylic acids is 3. The van der Waals surface area contributed by atoms with Crippen molar-refractivity contribution in [2.24, 2.45) is 4.99 Å². The Balaban J connectivity index is 1.55. The molecule has 3 aromatic carbocycles. The van der Waals surface area contributed by atoms with Crippen LogP contribution in [0.4, 0.5) is 11.4 Å². The first-order valence-electron chi connectivity index (χ1n) is 11.3. The van der Waals surface area contributed by atoms with Crippen LogP contribution in [0.15, 0.2) is 77.8 Å². The SMILES string of the molecule is COC(=O)c1ccc(NC(=O)C2CC(=O)N(Cc3ccc(OC)cc3)C(=Nc3cccc(Cl)c3)S2)cc1. The number of nitrogens with zero attached hydrogens (tertiary/aromatic N) is 2. The van der Waals surface area contributed by atoms with Crippen molar-refractivity contribution in [2.45, 2.75) is 18.2 Å². The van der Waals surface area contributed by atoms with Crippen molar-refractivity contribution in [3.8, 4) is 5.75 Å². The normalized spacial score (nSPS) is 16.4. The van der Waals surface area contributed by atoms with E-state index >= 15 is 0 Å². The molecular formula is C27H24ClN3O5S. The van der Waals surface area contributed by atoms with Crippen molar-refractivity contribution >= 4 is 57.7 Å². The van der Waals surface area contributed by atoms with E-state index in [9.17, 15) is 14.4 Å². The number of benzene rings is 3. The lowest BCUT2D eigenvalue weighted by Gasteiger charge is -2.32. The van der Waals surface area contributed by atoms with Gasteiger partial charge in [-0.05, 0) is 60.2 Å². The summed E-state index contributed by atoms with van der Waals surface area (Å²) in [7, 11) is 2.89. The van der Waals surface area contributed by atoms with Gasteiger partial charge < -0.3 is 14.8 Å². The molecule has 1 saturated heterocycles. The number of esters is 1. The maximum absolute atomic E-state index is 13.3. The number of amides is 2. The summed E-state index contributed by atoms with van der Waals surface area (Å²) < 4.78 is 9.91.